The van der Waals surface area contributed by atoms with E-state index in [9.17, 15) is 9.59 Å². The van der Waals surface area contributed by atoms with E-state index in [1.165, 1.54) is 0 Å². The molecule has 4 aromatic rings. The molecule has 1 aliphatic heterocycles. The molecule has 0 bridgehead atoms. The van der Waals surface area contributed by atoms with Crippen LogP contribution in [0.15, 0.2) is 59.4 Å². The molecule has 3 heterocycles. The number of benzene rings is 2. The largest absolute Gasteiger partial charge is 0.351 e. The summed E-state index contributed by atoms with van der Waals surface area (Å²) in [5.41, 5.74) is 1.85. The van der Waals surface area contributed by atoms with Crippen LogP contribution in [0.2, 0.25) is 0 Å². The van der Waals surface area contributed by atoms with Crippen molar-refractivity contribution in [2.45, 2.75) is 13.1 Å². The fraction of sp³-hybridized carbons (Fsp3) is 0.333. The van der Waals surface area contributed by atoms with Crippen molar-refractivity contribution in [2.24, 2.45) is 7.05 Å². The number of amides is 1. The van der Waals surface area contributed by atoms with E-state index in [-0.39, 0.29) is 11.5 Å². The van der Waals surface area contributed by atoms with Gasteiger partial charge in [0, 0.05) is 39.8 Å². The third-order valence-electron chi connectivity index (χ3n) is 6.22. The van der Waals surface area contributed by atoms with Crippen LogP contribution in [0.5, 0.6) is 0 Å². The van der Waals surface area contributed by atoms with Gasteiger partial charge >= 0.3 is 0 Å². The maximum atomic E-state index is 12.6. The van der Waals surface area contributed by atoms with Crippen molar-refractivity contribution in [2.75, 3.05) is 32.7 Å². The van der Waals surface area contributed by atoms with Gasteiger partial charge in [0.2, 0.25) is 11.7 Å². The number of carbonyl (C=O) groups is 1. The Bertz CT molecular complexity index is 1340. The van der Waals surface area contributed by atoms with E-state index in [4.69, 9.17) is 0 Å². The molecule has 2 aromatic heterocycles. The summed E-state index contributed by atoms with van der Waals surface area (Å²) in [4.78, 5) is 29.5. The summed E-state index contributed by atoms with van der Waals surface area (Å²) in [5.74, 6) is 1.40. The minimum atomic E-state index is -0.0730. The maximum absolute atomic E-state index is 12.6. The number of nitrogens with zero attached hydrogens (tertiary/aromatic N) is 6. The minimum Gasteiger partial charge on any atom is -0.351 e. The lowest BCUT2D eigenvalue weighted by molar-refractivity contribution is -0.122. The SMILES string of the molecule is Cn1c(=O)c2ccccc2n2c(CN3CCN(CC(=O)NCc4ccccc4)CC3)nnc12. The van der Waals surface area contributed by atoms with E-state index in [0.717, 1.165) is 43.1 Å². The van der Waals surface area contributed by atoms with Gasteiger partial charge in [0.15, 0.2) is 5.82 Å². The Morgan fingerprint density at radius 3 is 2.42 bits per heavy atom. The number of aromatic nitrogens is 4. The lowest BCUT2D eigenvalue weighted by atomic mass is 10.2. The lowest BCUT2D eigenvalue weighted by Gasteiger charge is -2.33. The molecule has 0 aliphatic carbocycles. The summed E-state index contributed by atoms with van der Waals surface area (Å²) in [6.07, 6.45) is 0. The lowest BCUT2D eigenvalue weighted by Crippen LogP contribution is -2.49. The summed E-state index contributed by atoms with van der Waals surface area (Å²) in [6, 6.07) is 17.5. The zero-order chi connectivity index (χ0) is 22.8. The van der Waals surface area contributed by atoms with Crippen molar-refractivity contribution in [3.05, 3.63) is 76.3 Å². The molecule has 1 N–H and O–H groups in total. The molecular formula is C24H27N7O2. The third kappa shape index (κ3) is 4.37. The first-order valence-corrected chi connectivity index (χ1v) is 11.2. The zero-order valence-corrected chi connectivity index (χ0v) is 18.6. The van der Waals surface area contributed by atoms with Gasteiger partial charge in [-0.05, 0) is 17.7 Å². The van der Waals surface area contributed by atoms with Crippen LogP contribution in [0.4, 0.5) is 0 Å². The Morgan fingerprint density at radius 2 is 1.64 bits per heavy atom. The van der Waals surface area contributed by atoms with E-state index in [0.29, 0.717) is 30.8 Å². The molecule has 0 unspecified atom stereocenters. The number of para-hydroxylation sites is 1. The van der Waals surface area contributed by atoms with Gasteiger partial charge in [0.05, 0.1) is 24.0 Å². The Kier molecular flexibility index (Phi) is 5.89. The second-order valence-corrected chi connectivity index (χ2v) is 8.45. The van der Waals surface area contributed by atoms with Gasteiger partial charge in [-0.25, -0.2) is 0 Å². The van der Waals surface area contributed by atoms with Crippen LogP contribution in [0.25, 0.3) is 16.7 Å². The standard InChI is InChI=1S/C24H27N7O2/c1-28-23(33)19-9-5-6-10-20(19)31-21(26-27-24(28)31)16-29-11-13-30(14-12-29)17-22(32)25-15-18-7-3-2-4-8-18/h2-10H,11-17H2,1H3,(H,25,32). The Hall–Kier alpha value is -3.56. The molecule has 33 heavy (non-hydrogen) atoms. The molecule has 2 aromatic carbocycles. The Labute approximate surface area is 191 Å². The van der Waals surface area contributed by atoms with Crippen LogP contribution in [0.3, 0.4) is 0 Å². The van der Waals surface area contributed by atoms with Gasteiger partial charge in [-0.1, -0.05) is 42.5 Å². The van der Waals surface area contributed by atoms with Crippen LogP contribution in [0, 0.1) is 0 Å². The molecule has 0 spiro atoms. The van der Waals surface area contributed by atoms with Crippen molar-refractivity contribution >= 4 is 22.6 Å². The molecule has 5 rings (SSSR count). The monoisotopic (exact) mass is 445 g/mol. The molecule has 0 atom stereocenters. The number of aryl methyl sites for hydroxylation is 1. The van der Waals surface area contributed by atoms with Crippen molar-refractivity contribution < 1.29 is 4.79 Å². The molecule has 9 nitrogen and oxygen atoms in total. The van der Waals surface area contributed by atoms with Gasteiger partial charge in [-0.3, -0.25) is 28.4 Å². The van der Waals surface area contributed by atoms with Gasteiger partial charge in [-0.15, -0.1) is 10.2 Å². The predicted octanol–water partition coefficient (Wildman–Crippen LogP) is 1.02. The summed E-state index contributed by atoms with van der Waals surface area (Å²) < 4.78 is 3.52. The van der Waals surface area contributed by atoms with Gasteiger partial charge in [-0.2, -0.15) is 0 Å². The molecule has 1 fully saturated rings. The average molecular weight is 446 g/mol. The zero-order valence-electron chi connectivity index (χ0n) is 18.6. The highest BCUT2D eigenvalue weighted by atomic mass is 16.2. The number of nitrogens with one attached hydrogen (secondary N) is 1. The molecule has 1 amide bonds. The van der Waals surface area contributed by atoms with E-state index >= 15 is 0 Å². The topological polar surface area (TPSA) is 87.8 Å². The number of carbonyl (C=O) groups excluding carboxylic acids is 1. The summed E-state index contributed by atoms with van der Waals surface area (Å²) in [6.45, 7) is 4.90. The first-order valence-electron chi connectivity index (χ1n) is 11.2. The molecule has 0 saturated carbocycles. The first-order chi connectivity index (χ1) is 16.1. The minimum absolute atomic E-state index is 0.0446. The average Bonchev–Trinajstić information content (AvgIpc) is 3.27. The third-order valence-corrected chi connectivity index (χ3v) is 6.22. The summed E-state index contributed by atoms with van der Waals surface area (Å²) in [5, 5.41) is 12.3. The summed E-state index contributed by atoms with van der Waals surface area (Å²) >= 11 is 0. The number of fused-ring (bicyclic) bond motifs is 3. The van der Waals surface area contributed by atoms with Crippen molar-refractivity contribution in [1.82, 2.24) is 34.3 Å². The van der Waals surface area contributed by atoms with E-state index in [1.54, 1.807) is 11.6 Å². The van der Waals surface area contributed by atoms with E-state index in [1.807, 2.05) is 59.0 Å². The molecule has 9 heteroatoms. The molecular weight excluding hydrogens is 418 g/mol. The van der Waals surface area contributed by atoms with Crippen molar-refractivity contribution in [3.63, 3.8) is 0 Å². The highest BCUT2D eigenvalue weighted by molar-refractivity contribution is 5.80. The van der Waals surface area contributed by atoms with Gasteiger partial charge in [0.1, 0.15) is 0 Å². The predicted molar refractivity (Wildman–Crippen MR) is 126 cm³/mol. The van der Waals surface area contributed by atoms with Crippen LogP contribution in [0.1, 0.15) is 11.4 Å². The highest BCUT2D eigenvalue weighted by Gasteiger charge is 2.22. The normalized spacial score (nSPS) is 15.3. The Morgan fingerprint density at radius 1 is 0.939 bits per heavy atom. The van der Waals surface area contributed by atoms with Crippen LogP contribution in [-0.2, 0) is 24.9 Å². The number of hydrogen-bond donors (Lipinski definition) is 1. The van der Waals surface area contributed by atoms with E-state index in [2.05, 4.69) is 25.3 Å². The fourth-order valence-corrected chi connectivity index (χ4v) is 4.36. The van der Waals surface area contributed by atoms with Crippen LogP contribution < -0.4 is 10.9 Å². The number of piperazine rings is 1. The van der Waals surface area contributed by atoms with Crippen molar-refractivity contribution in [3.8, 4) is 0 Å². The second-order valence-electron chi connectivity index (χ2n) is 8.45. The summed E-state index contributed by atoms with van der Waals surface area (Å²) in [7, 11) is 1.73. The van der Waals surface area contributed by atoms with Crippen LogP contribution >= 0.6 is 0 Å². The second kappa shape index (κ2) is 9.13. The fourth-order valence-electron chi connectivity index (χ4n) is 4.36. The van der Waals surface area contributed by atoms with Gasteiger partial charge in [0.25, 0.3) is 5.56 Å². The molecule has 0 radical (unpaired) electrons. The smallest absolute Gasteiger partial charge is 0.262 e. The number of rotatable bonds is 6. The maximum Gasteiger partial charge on any atom is 0.262 e. The molecule has 170 valence electrons. The van der Waals surface area contributed by atoms with Crippen LogP contribution in [-0.4, -0.2) is 67.6 Å². The molecule has 1 aliphatic rings. The number of hydrogen-bond acceptors (Lipinski definition) is 6. The van der Waals surface area contributed by atoms with Crippen molar-refractivity contribution in [1.29, 1.82) is 0 Å². The molecule has 1 saturated heterocycles. The Balaban J connectivity index is 1.21. The van der Waals surface area contributed by atoms with E-state index < -0.39 is 0 Å². The highest BCUT2D eigenvalue weighted by Crippen LogP contribution is 2.15. The quantitative estimate of drug-likeness (QED) is 0.477. The first kappa shape index (κ1) is 21.3. The van der Waals surface area contributed by atoms with Gasteiger partial charge < -0.3 is 5.32 Å².